The van der Waals surface area contributed by atoms with Gasteiger partial charge in [0.1, 0.15) is 12.0 Å². The number of aromatic nitrogens is 1. The summed E-state index contributed by atoms with van der Waals surface area (Å²) < 4.78 is 11.2. The van der Waals surface area contributed by atoms with Gasteiger partial charge in [0, 0.05) is 23.6 Å². The zero-order valence-corrected chi connectivity index (χ0v) is 18.6. The number of rotatable bonds is 13. The highest BCUT2D eigenvalue weighted by molar-refractivity contribution is 5.77. The van der Waals surface area contributed by atoms with E-state index in [4.69, 9.17) is 9.26 Å². The van der Waals surface area contributed by atoms with E-state index >= 15 is 0 Å². The summed E-state index contributed by atoms with van der Waals surface area (Å²) in [6.45, 7) is 10.6. The molecule has 30 heavy (non-hydrogen) atoms. The molecule has 0 unspecified atom stereocenters. The molecule has 0 saturated heterocycles. The predicted octanol–water partition coefficient (Wildman–Crippen LogP) is 7.13. The summed E-state index contributed by atoms with van der Waals surface area (Å²) in [6, 6.07) is 9.78. The van der Waals surface area contributed by atoms with Crippen LogP contribution in [0.25, 0.3) is 11.3 Å². The second-order valence-corrected chi connectivity index (χ2v) is 6.60. The first kappa shape index (κ1) is 25.2. The molecule has 0 aliphatic rings. The van der Waals surface area contributed by atoms with Crippen molar-refractivity contribution in [3.05, 3.63) is 72.5 Å². The summed E-state index contributed by atoms with van der Waals surface area (Å²) in [5.74, 6) is 1.59. The van der Waals surface area contributed by atoms with Crippen molar-refractivity contribution in [2.75, 3.05) is 6.61 Å². The van der Waals surface area contributed by atoms with Crippen LogP contribution in [0, 0.1) is 0 Å². The van der Waals surface area contributed by atoms with E-state index in [0.717, 1.165) is 36.3 Å². The van der Waals surface area contributed by atoms with Crippen LogP contribution in [0.3, 0.4) is 0 Å². The Hall–Kier alpha value is -2.88. The highest BCUT2D eigenvalue weighted by Gasteiger charge is 2.06. The van der Waals surface area contributed by atoms with Crippen LogP contribution in [-0.4, -0.2) is 18.0 Å². The van der Waals surface area contributed by atoms with Gasteiger partial charge < -0.3 is 9.26 Å². The first-order chi connectivity index (χ1) is 14.8. The van der Waals surface area contributed by atoms with Gasteiger partial charge in [0.15, 0.2) is 5.76 Å². The molecule has 4 heteroatoms. The molecule has 1 aromatic carbocycles. The molecule has 0 saturated carbocycles. The van der Waals surface area contributed by atoms with Crippen molar-refractivity contribution in [1.82, 2.24) is 5.16 Å². The molecule has 2 rings (SSSR count). The minimum absolute atomic E-state index is 0.569. The average Bonchev–Trinajstić information content (AvgIpc) is 3.26. The third kappa shape index (κ3) is 9.55. The fourth-order valence-electron chi connectivity index (χ4n) is 2.74. The minimum atomic E-state index is 0.569. The van der Waals surface area contributed by atoms with Gasteiger partial charge in [-0.2, -0.15) is 0 Å². The van der Waals surface area contributed by atoms with E-state index in [1.165, 1.54) is 25.7 Å². The van der Waals surface area contributed by atoms with E-state index in [1.807, 2.05) is 50.3 Å². The SMILES string of the molecule is C=C/C=C(C=O)\C=C/Cc1cc(-c2ccc(OCCCCCCC)cc2)on1.CC. The van der Waals surface area contributed by atoms with Crippen LogP contribution in [0.4, 0.5) is 0 Å². The molecule has 0 N–H and O–H groups in total. The molecule has 0 aliphatic carbocycles. The fourth-order valence-corrected chi connectivity index (χ4v) is 2.74. The molecule has 0 fully saturated rings. The monoisotopic (exact) mass is 409 g/mol. The van der Waals surface area contributed by atoms with Crippen molar-refractivity contribution < 1.29 is 14.1 Å². The lowest BCUT2D eigenvalue weighted by atomic mass is 10.1. The van der Waals surface area contributed by atoms with Crippen molar-refractivity contribution in [2.45, 2.75) is 59.3 Å². The molecule has 0 radical (unpaired) electrons. The van der Waals surface area contributed by atoms with Gasteiger partial charge in [-0.25, -0.2) is 0 Å². The number of aldehydes is 1. The topological polar surface area (TPSA) is 52.3 Å². The fraction of sp³-hybridized carbons (Fsp3) is 0.385. The molecule has 162 valence electrons. The number of unbranched alkanes of at least 4 members (excludes halogenated alkanes) is 4. The highest BCUT2D eigenvalue weighted by Crippen LogP contribution is 2.23. The lowest BCUT2D eigenvalue weighted by molar-refractivity contribution is -0.104. The summed E-state index contributed by atoms with van der Waals surface area (Å²) in [5, 5.41) is 4.08. The zero-order chi connectivity index (χ0) is 22.0. The van der Waals surface area contributed by atoms with Gasteiger partial charge in [-0.1, -0.05) is 82.5 Å². The maximum absolute atomic E-state index is 10.9. The van der Waals surface area contributed by atoms with Crippen LogP contribution in [0.2, 0.25) is 0 Å². The number of ether oxygens (including phenoxy) is 1. The molecule has 0 atom stereocenters. The molecular weight excluding hydrogens is 374 g/mol. The van der Waals surface area contributed by atoms with Crippen LogP contribution in [0.1, 0.15) is 58.6 Å². The first-order valence-electron chi connectivity index (χ1n) is 10.9. The summed E-state index contributed by atoms with van der Waals surface area (Å²) in [5.41, 5.74) is 2.33. The average molecular weight is 410 g/mol. The van der Waals surface area contributed by atoms with Crippen molar-refractivity contribution >= 4 is 6.29 Å². The van der Waals surface area contributed by atoms with Crippen LogP contribution >= 0.6 is 0 Å². The Morgan fingerprint density at radius 2 is 1.87 bits per heavy atom. The second-order valence-electron chi connectivity index (χ2n) is 6.60. The molecule has 4 nitrogen and oxygen atoms in total. The molecular formula is C26H35NO3. The van der Waals surface area contributed by atoms with Gasteiger partial charge >= 0.3 is 0 Å². The van der Waals surface area contributed by atoms with Crippen LogP contribution < -0.4 is 4.74 Å². The van der Waals surface area contributed by atoms with Crippen LogP contribution in [-0.2, 0) is 11.2 Å². The minimum Gasteiger partial charge on any atom is -0.494 e. The Kier molecular flexibility index (Phi) is 13.4. The normalized spacial score (nSPS) is 11.1. The Morgan fingerprint density at radius 3 is 2.53 bits per heavy atom. The maximum Gasteiger partial charge on any atom is 0.167 e. The van der Waals surface area contributed by atoms with Gasteiger partial charge in [0.2, 0.25) is 0 Å². The van der Waals surface area contributed by atoms with Crippen LogP contribution in [0.5, 0.6) is 5.75 Å². The number of benzene rings is 1. The molecule has 1 heterocycles. The number of carbonyl (C=O) groups is 1. The largest absolute Gasteiger partial charge is 0.494 e. The van der Waals surface area contributed by atoms with E-state index in [9.17, 15) is 4.79 Å². The lowest BCUT2D eigenvalue weighted by Gasteiger charge is -2.06. The van der Waals surface area contributed by atoms with E-state index in [1.54, 1.807) is 18.2 Å². The first-order valence-corrected chi connectivity index (χ1v) is 10.9. The smallest absolute Gasteiger partial charge is 0.167 e. The summed E-state index contributed by atoms with van der Waals surface area (Å²) in [6.07, 6.45) is 14.4. The quantitative estimate of drug-likeness (QED) is 0.153. The van der Waals surface area contributed by atoms with Gasteiger partial charge in [-0.3, -0.25) is 4.79 Å². The van der Waals surface area contributed by atoms with E-state index in [-0.39, 0.29) is 0 Å². The van der Waals surface area contributed by atoms with Gasteiger partial charge in [0.05, 0.1) is 12.3 Å². The van der Waals surface area contributed by atoms with E-state index in [2.05, 4.69) is 18.7 Å². The predicted molar refractivity (Wildman–Crippen MR) is 125 cm³/mol. The number of hydrogen-bond donors (Lipinski definition) is 0. The summed E-state index contributed by atoms with van der Waals surface area (Å²) >= 11 is 0. The Balaban J connectivity index is 0.00000218. The molecule has 0 spiro atoms. The lowest BCUT2D eigenvalue weighted by Crippen LogP contribution is -1.97. The van der Waals surface area contributed by atoms with Crippen molar-refractivity contribution in [1.29, 1.82) is 0 Å². The van der Waals surface area contributed by atoms with Gasteiger partial charge in [-0.15, -0.1) is 0 Å². The Labute approximate surface area is 181 Å². The van der Waals surface area contributed by atoms with Crippen molar-refractivity contribution in [3.63, 3.8) is 0 Å². The number of allylic oxidation sites excluding steroid dienone is 5. The number of carbonyl (C=O) groups excluding carboxylic acids is 1. The van der Waals surface area contributed by atoms with Crippen molar-refractivity contribution in [2.24, 2.45) is 0 Å². The number of nitrogens with zero attached hydrogens (tertiary/aromatic N) is 1. The third-order valence-electron chi connectivity index (χ3n) is 4.30. The van der Waals surface area contributed by atoms with Crippen molar-refractivity contribution in [3.8, 4) is 17.1 Å². The third-order valence-corrected chi connectivity index (χ3v) is 4.30. The van der Waals surface area contributed by atoms with Crippen LogP contribution in [0.15, 0.2) is 71.3 Å². The van der Waals surface area contributed by atoms with Gasteiger partial charge in [0.25, 0.3) is 0 Å². The summed E-state index contributed by atoms with van der Waals surface area (Å²) in [7, 11) is 0. The molecule has 0 bridgehead atoms. The molecule has 0 amide bonds. The zero-order valence-electron chi connectivity index (χ0n) is 18.6. The maximum atomic E-state index is 10.9. The molecule has 1 aromatic heterocycles. The standard InChI is InChI=1S/C24H29NO3.C2H6/c1-3-5-6-7-8-17-27-23-15-13-21(14-16-23)24-18-22(25-28-24)12-9-11-20(19-26)10-4-2;1-2/h4,9-11,13-16,18-19H,2-3,5-8,12,17H2,1H3;1-2H3/b11-9-,20-10+;. The Bertz CT molecular complexity index is 785. The van der Waals surface area contributed by atoms with Gasteiger partial charge in [-0.05, 0) is 30.7 Å². The van der Waals surface area contributed by atoms with E-state index in [0.29, 0.717) is 17.8 Å². The second kappa shape index (κ2) is 16.0. The molecule has 2 aromatic rings. The number of hydrogen-bond acceptors (Lipinski definition) is 4. The van der Waals surface area contributed by atoms with E-state index < -0.39 is 0 Å². The highest BCUT2D eigenvalue weighted by atomic mass is 16.5. The Morgan fingerprint density at radius 1 is 1.13 bits per heavy atom. The summed E-state index contributed by atoms with van der Waals surface area (Å²) in [4.78, 5) is 10.9. The molecule has 0 aliphatic heterocycles.